The fourth-order valence-electron chi connectivity index (χ4n) is 2.65. The van der Waals surface area contributed by atoms with E-state index in [1.807, 2.05) is 0 Å². The second-order valence-corrected chi connectivity index (χ2v) is 6.34. The van der Waals surface area contributed by atoms with E-state index in [1.165, 1.54) is 5.56 Å². The van der Waals surface area contributed by atoms with Crippen LogP contribution in [0.5, 0.6) is 0 Å². The number of nitrogens with zero attached hydrogens (tertiary/aromatic N) is 3. The molecule has 0 spiro atoms. The van der Waals surface area contributed by atoms with Gasteiger partial charge >= 0.3 is 0 Å². The molecule has 22 heavy (non-hydrogen) atoms. The lowest BCUT2D eigenvalue weighted by Gasteiger charge is -2.36. The molecule has 0 aliphatic carbocycles. The van der Waals surface area contributed by atoms with Gasteiger partial charge in [0.05, 0.1) is 0 Å². The Hall–Kier alpha value is -1.55. The average molecular weight is 302 g/mol. The average Bonchev–Trinajstić information content (AvgIpc) is 2.53. The molecular formula is C18H30N4. The smallest absolute Gasteiger partial charge is 0.194 e. The van der Waals surface area contributed by atoms with Crippen LogP contribution in [0, 0.1) is 5.92 Å². The number of hydrogen-bond donors (Lipinski definition) is 1. The molecule has 1 saturated heterocycles. The second-order valence-electron chi connectivity index (χ2n) is 6.34. The lowest BCUT2D eigenvalue weighted by atomic mass is 10.2. The Kier molecular flexibility index (Phi) is 6.72. The first kappa shape index (κ1) is 16.8. The topological polar surface area (TPSA) is 30.9 Å². The maximum absolute atomic E-state index is 4.76. The van der Waals surface area contributed by atoms with Gasteiger partial charge in [-0.2, -0.15) is 0 Å². The number of hydrogen-bond acceptors (Lipinski definition) is 2. The van der Waals surface area contributed by atoms with E-state index in [0.29, 0.717) is 5.92 Å². The normalized spacial score (nSPS) is 17.1. The van der Waals surface area contributed by atoms with Crippen molar-refractivity contribution in [3.05, 3.63) is 35.9 Å². The van der Waals surface area contributed by atoms with Gasteiger partial charge in [-0.05, 0) is 18.4 Å². The van der Waals surface area contributed by atoms with Gasteiger partial charge in [0.15, 0.2) is 5.96 Å². The van der Waals surface area contributed by atoms with Crippen molar-refractivity contribution >= 4 is 5.96 Å². The van der Waals surface area contributed by atoms with Crippen molar-refractivity contribution < 1.29 is 0 Å². The molecule has 1 heterocycles. The second kappa shape index (κ2) is 8.79. The van der Waals surface area contributed by atoms with Gasteiger partial charge < -0.3 is 10.2 Å². The molecule has 0 aromatic heterocycles. The fourth-order valence-corrected chi connectivity index (χ4v) is 2.65. The maximum atomic E-state index is 4.76. The van der Waals surface area contributed by atoms with Crippen LogP contribution in [0.25, 0.3) is 0 Å². The molecule has 0 atom stereocenters. The molecule has 0 unspecified atom stereocenters. The minimum absolute atomic E-state index is 0.605. The Morgan fingerprint density at radius 3 is 2.41 bits per heavy atom. The van der Waals surface area contributed by atoms with Crippen molar-refractivity contribution in [1.29, 1.82) is 0 Å². The minimum Gasteiger partial charge on any atom is -0.357 e. The number of benzene rings is 1. The summed E-state index contributed by atoms with van der Waals surface area (Å²) in [4.78, 5) is 9.68. The number of piperazine rings is 1. The molecule has 1 aliphatic heterocycles. The SMILES string of the molecule is CCNC(=NCC(C)C)N1CCN(Cc2ccccc2)CC1. The molecule has 4 heteroatoms. The van der Waals surface area contributed by atoms with Gasteiger partial charge in [-0.3, -0.25) is 9.89 Å². The molecule has 1 N–H and O–H groups in total. The zero-order valence-electron chi connectivity index (χ0n) is 14.3. The molecule has 0 radical (unpaired) electrons. The fraction of sp³-hybridized carbons (Fsp3) is 0.611. The van der Waals surface area contributed by atoms with E-state index in [9.17, 15) is 0 Å². The molecule has 0 bridgehead atoms. The van der Waals surface area contributed by atoms with Crippen LogP contribution >= 0.6 is 0 Å². The van der Waals surface area contributed by atoms with Crippen LogP contribution in [0.1, 0.15) is 26.3 Å². The van der Waals surface area contributed by atoms with Gasteiger partial charge in [-0.15, -0.1) is 0 Å². The Morgan fingerprint density at radius 1 is 1.14 bits per heavy atom. The summed E-state index contributed by atoms with van der Waals surface area (Å²) in [7, 11) is 0. The third-order valence-corrected chi connectivity index (χ3v) is 3.86. The van der Waals surface area contributed by atoms with E-state index < -0.39 is 0 Å². The highest BCUT2D eigenvalue weighted by Crippen LogP contribution is 2.09. The molecule has 122 valence electrons. The summed E-state index contributed by atoms with van der Waals surface area (Å²) in [5, 5.41) is 3.43. The van der Waals surface area contributed by atoms with Crippen LogP contribution in [0.3, 0.4) is 0 Å². The predicted molar refractivity (Wildman–Crippen MR) is 94.1 cm³/mol. The van der Waals surface area contributed by atoms with Crippen LogP contribution in [0.2, 0.25) is 0 Å². The predicted octanol–water partition coefficient (Wildman–Crippen LogP) is 2.43. The Labute approximate surface area is 135 Å². The molecular weight excluding hydrogens is 272 g/mol. The lowest BCUT2D eigenvalue weighted by molar-refractivity contribution is 0.172. The summed E-state index contributed by atoms with van der Waals surface area (Å²) in [5.74, 6) is 1.68. The maximum Gasteiger partial charge on any atom is 0.194 e. The van der Waals surface area contributed by atoms with Crippen LogP contribution in [0.4, 0.5) is 0 Å². The van der Waals surface area contributed by atoms with E-state index in [-0.39, 0.29) is 0 Å². The van der Waals surface area contributed by atoms with Crippen LogP contribution in [-0.2, 0) is 6.54 Å². The van der Waals surface area contributed by atoms with E-state index >= 15 is 0 Å². The number of guanidine groups is 1. The highest BCUT2D eigenvalue weighted by Gasteiger charge is 2.19. The Balaban J connectivity index is 1.85. The van der Waals surface area contributed by atoms with Gasteiger partial charge in [0.25, 0.3) is 0 Å². The number of aliphatic imine (C=N–C) groups is 1. The third-order valence-electron chi connectivity index (χ3n) is 3.86. The van der Waals surface area contributed by atoms with E-state index in [4.69, 9.17) is 4.99 Å². The summed E-state index contributed by atoms with van der Waals surface area (Å²) in [5.41, 5.74) is 1.40. The summed E-state index contributed by atoms with van der Waals surface area (Å²) in [6, 6.07) is 10.7. The van der Waals surface area contributed by atoms with Gasteiger partial charge in [0.1, 0.15) is 0 Å². The quantitative estimate of drug-likeness (QED) is 0.669. The Morgan fingerprint density at radius 2 is 1.82 bits per heavy atom. The highest BCUT2D eigenvalue weighted by molar-refractivity contribution is 5.80. The van der Waals surface area contributed by atoms with Gasteiger partial charge in [0, 0.05) is 45.8 Å². The molecule has 2 rings (SSSR count). The van der Waals surface area contributed by atoms with Gasteiger partial charge in [-0.1, -0.05) is 44.2 Å². The summed E-state index contributed by atoms with van der Waals surface area (Å²) in [6.07, 6.45) is 0. The van der Waals surface area contributed by atoms with Crippen LogP contribution in [-0.4, -0.2) is 55.0 Å². The molecule has 0 saturated carbocycles. The standard InChI is InChI=1S/C18H30N4/c1-4-19-18(20-14-16(2)3)22-12-10-21(11-13-22)15-17-8-6-5-7-9-17/h5-9,16H,4,10-15H2,1-3H3,(H,19,20). The summed E-state index contributed by atoms with van der Waals surface area (Å²) < 4.78 is 0. The van der Waals surface area contributed by atoms with Crippen molar-refractivity contribution in [3.63, 3.8) is 0 Å². The summed E-state index contributed by atoms with van der Waals surface area (Å²) in [6.45, 7) is 13.7. The summed E-state index contributed by atoms with van der Waals surface area (Å²) >= 11 is 0. The monoisotopic (exact) mass is 302 g/mol. The molecule has 1 aliphatic rings. The minimum atomic E-state index is 0.605. The largest absolute Gasteiger partial charge is 0.357 e. The highest BCUT2D eigenvalue weighted by atomic mass is 15.3. The molecule has 4 nitrogen and oxygen atoms in total. The molecule has 1 fully saturated rings. The zero-order valence-corrected chi connectivity index (χ0v) is 14.3. The number of rotatable bonds is 5. The first-order valence-corrected chi connectivity index (χ1v) is 8.48. The third kappa shape index (κ3) is 5.34. The zero-order chi connectivity index (χ0) is 15.8. The Bertz CT molecular complexity index is 447. The van der Waals surface area contributed by atoms with E-state index in [2.05, 4.69) is 66.2 Å². The molecule has 1 aromatic rings. The van der Waals surface area contributed by atoms with Gasteiger partial charge in [0.2, 0.25) is 0 Å². The van der Waals surface area contributed by atoms with Crippen molar-refractivity contribution in [3.8, 4) is 0 Å². The van der Waals surface area contributed by atoms with E-state index in [1.54, 1.807) is 0 Å². The first-order valence-electron chi connectivity index (χ1n) is 8.48. The van der Waals surface area contributed by atoms with Crippen LogP contribution in [0.15, 0.2) is 35.3 Å². The lowest BCUT2D eigenvalue weighted by Crippen LogP contribution is -2.52. The molecule has 1 aromatic carbocycles. The van der Waals surface area contributed by atoms with Gasteiger partial charge in [-0.25, -0.2) is 0 Å². The first-order chi connectivity index (χ1) is 10.7. The van der Waals surface area contributed by atoms with Crippen molar-refractivity contribution in [2.45, 2.75) is 27.3 Å². The van der Waals surface area contributed by atoms with E-state index in [0.717, 1.165) is 51.8 Å². The van der Waals surface area contributed by atoms with Crippen molar-refractivity contribution in [2.75, 3.05) is 39.3 Å². The van der Waals surface area contributed by atoms with Crippen LogP contribution < -0.4 is 5.32 Å². The van der Waals surface area contributed by atoms with Crippen molar-refractivity contribution in [2.24, 2.45) is 10.9 Å². The molecule has 0 amide bonds. The number of nitrogens with one attached hydrogen (secondary N) is 1. The van der Waals surface area contributed by atoms with Crippen molar-refractivity contribution in [1.82, 2.24) is 15.1 Å².